The van der Waals surface area contributed by atoms with Crippen LogP contribution in [0.5, 0.6) is 11.5 Å². The summed E-state index contributed by atoms with van der Waals surface area (Å²) >= 11 is 0. The number of urea groups is 1. The highest BCUT2D eigenvalue weighted by Gasteiger charge is 2.22. The molecule has 3 aromatic carbocycles. The summed E-state index contributed by atoms with van der Waals surface area (Å²) in [6.45, 7) is 3.92. The number of nitrogens with one attached hydrogen (secondary N) is 2. The summed E-state index contributed by atoms with van der Waals surface area (Å²) < 4.78 is 10.8. The number of nitrogen functional groups attached to an aromatic ring is 1. The summed E-state index contributed by atoms with van der Waals surface area (Å²) in [5.41, 5.74) is 9.50. The summed E-state index contributed by atoms with van der Waals surface area (Å²) in [5, 5.41) is 6.21. The quantitative estimate of drug-likeness (QED) is 0.260. The third-order valence-corrected chi connectivity index (χ3v) is 6.89. The number of methoxy groups -OCH3 is 2. The number of benzene rings is 3. The van der Waals surface area contributed by atoms with Crippen molar-refractivity contribution in [3.05, 3.63) is 79.1 Å². The minimum absolute atomic E-state index is 0.381. The van der Waals surface area contributed by atoms with Crippen LogP contribution in [0.15, 0.2) is 79.1 Å². The molecule has 0 unspecified atom stereocenters. The van der Waals surface area contributed by atoms with Crippen LogP contribution in [0.1, 0.15) is 0 Å². The normalized spacial score (nSPS) is 13.4. The Bertz CT molecular complexity index is 1470. The van der Waals surface area contributed by atoms with Crippen LogP contribution in [0.3, 0.4) is 0 Å². The molecule has 1 aliphatic heterocycles. The Hall–Kier alpha value is -5.03. The van der Waals surface area contributed by atoms with Crippen molar-refractivity contribution in [3.8, 4) is 11.5 Å². The molecule has 0 bridgehead atoms. The molecule has 11 nitrogen and oxygen atoms in total. The molecule has 11 heteroatoms. The smallest absolute Gasteiger partial charge is 0.332 e. The monoisotopic (exact) mass is 554 g/mol. The summed E-state index contributed by atoms with van der Waals surface area (Å²) in [5.74, 6) is 2.12. The van der Waals surface area contributed by atoms with Gasteiger partial charge < -0.3 is 35.6 Å². The molecule has 1 aliphatic rings. The van der Waals surface area contributed by atoms with Crippen molar-refractivity contribution in [1.82, 2.24) is 14.9 Å². The predicted molar refractivity (Wildman–Crippen MR) is 163 cm³/mol. The zero-order valence-corrected chi connectivity index (χ0v) is 23.4. The van der Waals surface area contributed by atoms with Crippen molar-refractivity contribution in [2.45, 2.75) is 0 Å². The van der Waals surface area contributed by atoms with Gasteiger partial charge in [-0.2, -0.15) is 0 Å². The number of ether oxygens (including phenoxy) is 2. The first-order valence-corrected chi connectivity index (χ1v) is 13.2. The summed E-state index contributed by atoms with van der Waals surface area (Å²) in [6, 6.07) is 21.7. The third-order valence-electron chi connectivity index (χ3n) is 6.89. The molecule has 212 valence electrons. The van der Waals surface area contributed by atoms with Gasteiger partial charge in [-0.05, 0) is 67.7 Å². The molecule has 5 rings (SSSR count). The fourth-order valence-electron chi connectivity index (χ4n) is 4.55. The van der Waals surface area contributed by atoms with Crippen molar-refractivity contribution in [3.63, 3.8) is 0 Å². The van der Waals surface area contributed by atoms with Gasteiger partial charge in [-0.3, -0.25) is 0 Å². The van der Waals surface area contributed by atoms with E-state index in [1.807, 2.05) is 36.4 Å². The molecule has 1 aromatic heterocycles. The van der Waals surface area contributed by atoms with E-state index >= 15 is 0 Å². The number of carbonyl (C=O) groups excluding carboxylic acids is 1. The van der Waals surface area contributed by atoms with Crippen LogP contribution < -0.4 is 35.6 Å². The van der Waals surface area contributed by atoms with Crippen LogP contribution in [0.25, 0.3) is 0 Å². The summed E-state index contributed by atoms with van der Waals surface area (Å²) in [7, 11) is 5.31. The fourth-order valence-corrected chi connectivity index (χ4v) is 4.55. The Morgan fingerprint density at radius 2 is 1.63 bits per heavy atom. The number of carbonyl (C=O) groups is 1. The van der Waals surface area contributed by atoms with Gasteiger partial charge in [0.05, 0.1) is 25.6 Å². The van der Waals surface area contributed by atoms with E-state index in [1.54, 1.807) is 50.6 Å². The first-order chi connectivity index (χ1) is 19.9. The Morgan fingerprint density at radius 3 is 2.32 bits per heavy atom. The van der Waals surface area contributed by atoms with E-state index in [9.17, 15) is 4.79 Å². The number of anilines is 7. The van der Waals surface area contributed by atoms with E-state index < -0.39 is 0 Å². The minimum Gasteiger partial charge on any atom is -0.497 e. The highest BCUT2D eigenvalue weighted by molar-refractivity contribution is 6.06. The van der Waals surface area contributed by atoms with Crippen LogP contribution in [0, 0.1) is 0 Å². The maximum atomic E-state index is 13.7. The molecule has 41 heavy (non-hydrogen) atoms. The maximum absolute atomic E-state index is 13.7. The predicted octanol–water partition coefficient (Wildman–Crippen LogP) is 4.94. The van der Waals surface area contributed by atoms with Gasteiger partial charge in [0.2, 0.25) is 0 Å². The molecule has 4 aromatic rings. The topological polar surface area (TPSA) is 121 Å². The van der Waals surface area contributed by atoms with Gasteiger partial charge in [-0.1, -0.05) is 0 Å². The lowest BCUT2D eigenvalue weighted by Gasteiger charge is -2.34. The van der Waals surface area contributed by atoms with Gasteiger partial charge in [-0.15, -0.1) is 0 Å². The number of hydrogen-bond donors (Lipinski definition) is 3. The average molecular weight is 555 g/mol. The van der Waals surface area contributed by atoms with Gasteiger partial charge in [-0.25, -0.2) is 19.7 Å². The van der Waals surface area contributed by atoms with Crippen molar-refractivity contribution < 1.29 is 14.3 Å². The highest BCUT2D eigenvalue weighted by atomic mass is 16.5. The van der Waals surface area contributed by atoms with Crippen molar-refractivity contribution in [1.29, 1.82) is 0 Å². The molecular weight excluding hydrogens is 520 g/mol. The molecule has 0 atom stereocenters. The van der Waals surface area contributed by atoms with Gasteiger partial charge in [0.15, 0.2) is 0 Å². The average Bonchev–Trinajstić information content (AvgIpc) is 3.00. The van der Waals surface area contributed by atoms with E-state index in [1.165, 1.54) is 11.2 Å². The zero-order chi connectivity index (χ0) is 28.8. The van der Waals surface area contributed by atoms with Crippen molar-refractivity contribution in [2.75, 3.05) is 73.6 Å². The van der Waals surface area contributed by atoms with Crippen LogP contribution >= 0.6 is 0 Å². The highest BCUT2D eigenvalue weighted by Crippen LogP contribution is 2.33. The second kappa shape index (κ2) is 12.4. The van der Waals surface area contributed by atoms with Crippen molar-refractivity contribution >= 4 is 46.1 Å². The maximum Gasteiger partial charge on any atom is 0.332 e. The molecule has 0 spiro atoms. The molecule has 1 saturated heterocycles. The van der Waals surface area contributed by atoms with Gasteiger partial charge >= 0.3 is 6.03 Å². The largest absolute Gasteiger partial charge is 0.497 e. The summed E-state index contributed by atoms with van der Waals surface area (Å²) in [4.78, 5) is 28.7. The SMILES string of the molecule is COc1ccc(Nc2cc(N(C(=O)Nc3ccc(N)cc3)c3ccc(N4CCN(C)CC4)cc3)ncn2)c(OC)c1. The number of nitrogens with zero attached hydrogens (tertiary/aromatic N) is 5. The Balaban J connectivity index is 1.45. The molecule has 0 radical (unpaired) electrons. The number of aromatic nitrogens is 2. The lowest BCUT2D eigenvalue weighted by atomic mass is 10.2. The number of hydrogen-bond acceptors (Lipinski definition) is 9. The Morgan fingerprint density at radius 1 is 0.902 bits per heavy atom. The standard InChI is InChI=1S/C30H34N8O3/c1-36-14-16-37(17-15-36)23-8-10-24(11-9-23)38(30(39)34-22-6-4-21(31)5-7-22)29-19-28(32-20-33-29)35-26-13-12-25(40-2)18-27(26)41-3/h4-13,18-20H,14-17,31H2,1-3H3,(H,34,39)(H,32,33,35). The molecule has 2 heterocycles. The molecule has 2 amide bonds. The van der Waals surface area contributed by atoms with Gasteiger partial charge in [0.1, 0.15) is 29.5 Å². The molecule has 4 N–H and O–H groups in total. The lowest BCUT2D eigenvalue weighted by Crippen LogP contribution is -2.44. The van der Waals surface area contributed by atoms with E-state index in [2.05, 4.69) is 37.4 Å². The van der Waals surface area contributed by atoms with Gasteiger partial charge in [0, 0.05) is 55.4 Å². The van der Waals surface area contributed by atoms with Crippen LogP contribution in [-0.2, 0) is 0 Å². The Kier molecular flexibility index (Phi) is 8.35. The number of piperazine rings is 1. The number of likely N-dealkylation sites (N-methyl/N-ethyl adjacent to an activating group) is 1. The molecule has 0 aliphatic carbocycles. The minimum atomic E-state index is -0.381. The van der Waals surface area contributed by atoms with E-state index in [-0.39, 0.29) is 6.03 Å². The van der Waals surface area contributed by atoms with E-state index in [0.717, 1.165) is 31.9 Å². The number of nitrogens with two attached hydrogens (primary N) is 1. The number of rotatable bonds is 8. The third kappa shape index (κ3) is 6.59. The first kappa shape index (κ1) is 27.5. The van der Waals surface area contributed by atoms with E-state index in [0.29, 0.717) is 45.9 Å². The number of amides is 2. The van der Waals surface area contributed by atoms with Crippen LogP contribution in [-0.4, -0.2) is 68.3 Å². The second-order valence-corrected chi connectivity index (χ2v) is 9.65. The molecule has 0 saturated carbocycles. The molecule has 1 fully saturated rings. The van der Waals surface area contributed by atoms with Crippen LogP contribution in [0.2, 0.25) is 0 Å². The zero-order valence-electron chi connectivity index (χ0n) is 23.4. The first-order valence-electron chi connectivity index (χ1n) is 13.2. The van der Waals surface area contributed by atoms with E-state index in [4.69, 9.17) is 15.2 Å². The lowest BCUT2D eigenvalue weighted by molar-refractivity contribution is 0.259. The second-order valence-electron chi connectivity index (χ2n) is 9.65. The van der Waals surface area contributed by atoms with Crippen molar-refractivity contribution in [2.24, 2.45) is 0 Å². The van der Waals surface area contributed by atoms with Gasteiger partial charge in [0.25, 0.3) is 0 Å². The van der Waals surface area contributed by atoms with Crippen LogP contribution in [0.4, 0.5) is 44.9 Å². The fraction of sp³-hybridized carbons (Fsp3) is 0.233. The Labute approximate surface area is 239 Å². The molecular formula is C30H34N8O3. The summed E-state index contributed by atoms with van der Waals surface area (Å²) in [6.07, 6.45) is 1.41.